The van der Waals surface area contributed by atoms with E-state index in [2.05, 4.69) is 6.58 Å². The number of allylic oxidation sites excluding steroid dienone is 1. The van der Waals surface area contributed by atoms with E-state index < -0.39 is 0 Å². The molecule has 0 N–H and O–H groups in total. The van der Waals surface area contributed by atoms with Crippen LogP contribution in [0.3, 0.4) is 0 Å². The standard InChI is InChI=1S/C11H16O2/c1-2-10(12)9-4-7-13-11(8-9)5-3-6-11/h2,9H,1,3-8H2. The van der Waals surface area contributed by atoms with Gasteiger partial charge in [0.05, 0.1) is 5.60 Å². The van der Waals surface area contributed by atoms with E-state index in [0.29, 0.717) is 0 Å². The van der Waals surface area contributed by atoms with Crippen LogP contribution >= 0.6 is 0 Å². The molecule has 2 rings (SSSR count). The van der Waals surface area contributed by atoms with Crippen molar-refractivity contribution in [1.29, 1.82) is 0 Å². The average molecular weight is 180 g/mol. The first-order valence-corrected chi connectivity index (χ1v) is 5.06. The molecule has 1 heterocycles. The molecule has 0 aromatic rings. The molecule has 0 aromatic heterocycles. The maximum atomic E-state index is 11.4. The van der Waals surface area contributed by atoms with Gasteiger partial charge in [-0.3, -0.25) is 4.79 Å². The van der Waals surface area contributed by atoms with Crippen LogP contribution in [0.5, 0.6) is 0 Å². The highest BCUT2D eigenvalue weighted by Crippen LogP contribution is 2.44. The van der Waals surface area contributed by atoms with Gasteiger partial charge < -0.3 is 4.74 Å². The van der Waals surface area contributed by atoms with Crippen molar-refractivity contribution in [3.05, 3.63) is 12.7 Å². The van der Waals surface area contributed by atoms with Crippen molar-refractivity contribution >= 4 is 5.78 Å². The van der Waals surface area contributed by atoms with Crippen LogP contribution in [0.4, 0.5) is 0 Å². The molecular weight excluding hydrogens is 164 g/mol. The van der Waals surface area contributed by atoms with Crippen molar-refractivity contribution in [2.45, 2.75) is 37.7 Å². The van der Waals surface area contributed by atoms with E-state index in [1.54, 1.807) is 0 Å². The zero-order valence-corrected chi connectivity index (χ0v) is 7.92. The van der Waals surface area contributed by atoms with Crippen molar-refractivity contribution < 1.29 is 9.53 Å². The van der Waals surface area contributed by atoms with Gasteiger partial charge in [0, 0.05) is 12.5 Å². The van der Waals surface area contributed by atoms with Crippen LogP contribution in [0.2, 0.25) is 0 Å². The zero-order valence-electron chi connectivity index (χ0n) is 7.92. The van der Waals surface area contributed by atoms with Crippen LogP contribution in [0, 0.1) is 5.92 Å². The second kappa shape index (κ2) is 3.26. The molecule has 1 saturated carbocycles. The second-order valence-electron chi connectivity index (χ2n) is 4.18. The van der Waals surface area contributed by atoms with Gasteiger partial charge >= 0.3 is 0 Å². The van der Waals surface area contributed by atoms with Gasteiger partial charge in [-0.2, -0.15) is 0 Å². The first-order chi connectivity index (χ1) is 6.26. The first-order valence-electron chi connectivity index (χ1n) is 5.06. The highest BCUT2D eigenvalue weighted by molar-refractivity contribution is 5.91. The number of ketones is 1. The Kier molecular flexibility index (Phi) is 2.24. The third-order valence-electron chi connectivity index (χ3n) is 3.36. The van der Waals surface area contributed by atoms with Crippen LogP contribution in [0.15, 0.2) is 12.7 Å². The van der Waals surface area contributed by atoms with Gasteiger partial charge in [-0.1, -0.05) is 6.58 Å². The van der Waals surface area contributed by atoms with Crippen molar-refractivity contribution in [2.24, 2.45) is 5.92 Å². The molecule has 0 aromatic carbocycles. The van der Waals surface area contributed by atoms with Crippen LogP contribution in [0.25, 0.3) is 0 Å². The van der Waals surface area contributed by atoms with Gasteiger partial charge in [-0.15, -0.1) is 0 Å². The summed E-state index contributed by atoms with van der Waals surface area (Å²) < 4.78 is 5.74. The van der Waals surface area contributed by atoms with Gasteiger partial charge in [-0.05, 0) is 38.2 Å². The molecule has 0 amide bonds. The van der Waals surface area contributed by atoms with Gasteiger partial charge in [0.15, 0.2) is 5.78 Å². The third-order valence-corrected chi connectivity index (χ3v) is 3.36. The monoisotopic (exact) mass is 180 g/mol. The lowest BCUT2D eigenvalue weighted by Gasteiger charge is -2.46. The molecule has 2 fully saturated rings. The molecule has 1 saturated heterocycles. The Morgan fingerprint density at radius 2 is 2.31 bits per heavy atom. The maximum Gasteiger partial charge on any atom is 0.158 e. The summed E-state index contributed by atoms with van der Waals surface area (Å²) in [6, 6.07) is 0. The fourth-order valence-electron chi connectivity index (χ4n) is 2.36. The van der Waals surface area contributed by atoms with Gasteiger partial charge in [-0.25, -0.2) is 0 Å². The Morgan fingerprint density at radius 1 is 1.54 bits per heavy atom. The molecule has 2 aliphatic rings. The average Bonchev–Trinajstić information content (AvgIpc) is 2.14. The molecule has 1 aliphatic heterocycles. The molecule has 72 valence electrons. The van der Waals surface area contributed by atoms with Crippen LogP contribution in [-0.2, 0) is 9.53 Å². The summed E-state index contributed by atoms with van der Waals surface area (Å²) >= 11 is 0. The summed E-state index contributed by atoms with van der Waals surface area (Å²) in [6.45, 7) is 4.29. The van der Waals surface area contributed by atoms with Gasteiger partial charge in [0.1, 0.15) is 0 Å². The third kappa shape index (κ3) is 1.55. The predicted molar refractivity (Wildman–Crippen MR) is 50.5 cm³/mol. The molecule has 1 unspecified atom stereocenters. The first kappa shape index (κ1) is 8.95. The largest absolute Gasteiger partial charge is 0.375 e. The van der Waals surface area contributed by atoms with E-state index in [1.807, 2.05) is 0 Å². The number of rotatable bonds is 2. The van der Waals surface area contributed by atoms with Crippen LogP contribution in [0.1, 0.15) is 32.1 Å². The van der Waals surface area contributed by atoms with E-state index in [4.69, 9.17) is 4.74 Å². The minimum atomic E-state index is 0.0849. The van der Waals surface area contributed by atoms with E-state index in [9.17, 15) is 4.79 Å². The summed E-state index contributed by atoms with van der Waals surface area (Å²) in [6.07, 6.45) is 6.82. The number of carbonyl (C=O) groups excluding carboxylic acids is 1. The lowest BCUT2D eigenvalue weighted by molar-refractivity contribution is -0.153. The predicted octanol–water partition coefficient (Wildman–Crippen LogP) is 2.09. The van der Waals surface area contributed by atoms with E-state index >= 15 is 0 Å². The Labute approximate surface area is 79.0 Å². The lowest BCUT2D eigenvalue weighted by atomic mass is 9.71. The summed E-state index contributed by atoms with van der Waals surface area (Å²) in [7, 11) is 0. The van der Waals surface area contributed by atoms with Crippen molar-refractivity contribution in [1.82, 2.24) is 0 Å². The smallest absolute Gasteiger partial charge is 0.158 e. The number of ether oxygens (including phenoxy) is 1. The summed E-state index contributed by atoms with van der Waals surface area (Å²) in [5.41, 5.74) is 0.0849. The Hall–Kier alpha value is -0.630. The second-order valence-corrected chi connectivity index (χ2v) is 4.18. The Balaban J connectivity index is 1.99. The number of hydrogen-bond donors (Lipinski definition) is 0. The van der Waals surface area contributed by atoms with E-state index in [0.717, 1.165) is 32.3 Å². The maximum absolute atomic E-state index is 11.4. The molecule has 1 spiro atoms. The van der Waals surface area contributed by atoms with Crippen LogP contribution in [-0.4, -0.2) is 18.0 Å². The van der Waals surface area contributed by atoms with Gasteiger partial charge in [0.2, 0.25) is 0 Å². The summed E-state index contributed by atoms with van der Waals surface area (Å²) in [5.74, 6) is 0.390. The molecule has 13 heavy (non-hydrogen) atoms. The highest BCUT2D eigenvalue weighted by atomic mass is 16.5. The van der Waals surface area contributed by atoms with Crippen molar-refractivity contribution in [2.75, 3.05) is 6.61 Å². The molecule has 2 nitrogen and oxygen atoms in total. The van der Waals surface area contributed by atoms with Crippen molar-refractivity contribution in [3.63, 3.8) is 0 Å². The molecule has 0 bridgehead atoms. The molecule has 0 radical (unpaired) electrons. The summed E-state index contributed by atoms with van der Waals surface area (Å²) in [5, 5.41) is 0. The minimum Gasteiger partial charge on any atom is -0.375 e. The molecule has 2 heteroatoms. The molecule has 1 atom stereocenters. The summed E-state index contributed by atoms with van der Waals surface area (Å²) in [4.78, 5) is 11.4. The molecular formula is C11H16O2. The van der Waals surface area contributed by atoms with Crippen molar-refractivity contribution in [3.8, 4) is 0 Å². The lowest BCUT2D eigenvalue weighted by Crippen LogP contribution is -2.46. The molecule has 1 aliphatic carbocycles. The Morgan fingerprint density at radius 3 is 2.85 bits per heavy atom. The quantitative estimate of drug-likeness (QED) is 0.608. The highest BCUT2D eigenvalue weighted by Gasteiger charge is 2.43. The normalized spacial score (nSPS) is 30.9. The topological polar surface area (TPSA) is 26.3 Å². The number of carbonyl (C=O) groups is 1. The van der Waals surface area contributed by atoms with Crippen LogP contribution < -0.4 is 0 Å². The number of hydrogen-bond acceptors (Lipinski definition) is 2. The van der Waals surface area contributed by atoms with E-state index in [1.165, 1.54) is 12.5 Å². The SMILES string of the molecule is C=CC(=O)C1CCOC2(CCC2)C1. The van der Waals surface area contributed by atoms with Gasteiger partial charge in [0.25, 0.3) is 0 Å². The Bertz CT molecular complexity index is 228. The van der Waals surface area contributed by atoms with E-state index in [-0.39, 0.29) is 17.3 Å². The zero-order chi connectivity index (χ0) is 9.31. The minimum absolute atomic E-state index is 0.0849. The fourth-order valence-corrected chi connectivity index (χ4v) is 2.36. The fraction of sp³-hybridized carbons (Fsp3) is 0.727.